The topological polar surface area (TPSA) is 138 Å². The van der Waals surface area contributed by atoms with Gasteiger partial charge < -0.3 is 16.0 Å². The maximum atomic E-state index is 13.9. The largest absolute Gasteiger partial charge is 0.363 e. The average Bonchev–Trinajstić information content (AvgIpc) is 3.78. The number of hydrogen-bond acceptors (Lipinski definition) is 9. The number of fused-ring (bicyclic) bond motifs is 2. The molecule has 4 aromatic heterocycles. The Morgan fingerprint density at radius 1 is 0.878 bits per heavy atom. The lowest BCUT2D eigenvalue weighted by atomic mass is 9.97. The zero-order chi connectivity index (χ0) is 33.3. The molecule has 49 heavy (non-hydrogen) atoms. The van der Waals surface area contributed by atoms with Crippen LogP contribution in [0.1, 0.15) is 53.3 Å². The molecule has 6 aromatic rings. The lowest BCUT2D eigenvalue weighted by Crippen LogP contribution is -2.38. The van der Waals surface area contributed by atoms with Crippen LogP contribution in [-0.4, -0.2) is 66.9 Å². The van der Waals surface area contributed by atoms with E-state index < -0.39 is 5.91 Å². The number of hydrogen-bond donors (Lipinski definition) is 5. The van der Waals surface area contributed by atoms with Gasteiger partial charge >= 0.3 is 0 Å². The van der Waals surface area contributed by atoms with Crippen molar-refractivity contribution in [2.75, 3.05) is 36.9 Å². The molecular formula is C36H38ClN11O. The molecular weight excluding hydrogens is 638 g/mol. The second kappa shape index (κ2) is 13.5. The van der Waals surface area contributed by atoms with Crippen molar-refractivity contribution in [2.45, 2.75) is 44.6 Å². The molecule has 0 spiro atoms. The molecule has 2 aromatic carbocycles. The van der Waals surface area contributed by atoms with Crippen LogP contribution in [0, 0.1) is 6.92 Å². The molecule has 12 nitrogen and oxygen atoms in total. The highest BCUT2D eigenvalue weighted by molar-refractivity contribution is 6.30. The molecule has 2 aliphatic rings. The molecule has 2 fully saturated rings. The van der Waals surface area contributed by atoms with E-state index in [1.807, 2.05) is 42.7 Å². The van der Waals surface area contributed by atoms with Crippen LogP contribution in [0.15, 0.2) is 73.3 Å². The summed E-state index contributed by atoms with van der Waals surface area (Å²) >= 11 is 6.16. The van der Waals surface area contributed by atoms with E-state index in [9.17, 15) is 4.79 Å². The normalized spacial score (nSPS) is 18.1. The Kier molecular flexibility index (Phi) is 8.58. The summed E-state index contributed by atoms with van der Waals surface area (Å²) < 4.78 is 3.84. The number of nitrogens with one attached hydrogen (secondary N) is 5. The van der Waals surface area contributed by atoms with E-state index in [-0.39, 0.29) is 6.04 Å². The van der Waals surface area contributed by atoms with Crippen molar-refractivity contribution in [3.8, 4) is 22.5 Å². The number of nitrogens with zero attached hydrogens (tertiary/aromatic N) is 6. The smallest absolute Gasteiger partial charge is 0.288 e. The number of benzene rings is 2. The van der Waals surface area contributed by atoms with Gasteiger partial charge in [-0.15, -0.1) is 0 Å². The van der Waals surface area contributed by atoms with Gasteiger partial charge in [0.2, 0.25) is 0 Å². The maximum absolute atomic E-state index is 13.9. The van der Waals surface area contributed by atoms with Crippen LogP contribution in [0.5, 0.6) is 0 Å². The number of carbonyl (C=O) groups excluding carboxylic acids is 1. The van der Waals surface area contributed by atoms with Gasteiger partial charge in [0.25, 0.3) is 5.91 Å². The second-order valence-corrected chi connectivity index (χ2v) is 13.3. The zero-order valence-electron chi connectivity index (χ0n) is 27.2. The Morgan fingerprint density at radius 2 is 1.67 bits per heavy atom. The summed E-state index contributed by atoms with van der Waals surface area (Å²) in [6.07, 6.45) is 11.6. The van der Waals surface area contributed by atoms with Crippen molar-refractivity contribution in [3.05, 3.63) is 95.3 Å². The standard InChI is InChI=1S/C36H38ClN11O/c1-22-5-2-6-24(15-22)30-18-41-33(35-44-29(21-47(30)35)25-7-3-13-38-16-25)45-46-36(49)31-19-40-32(42-27-8-4-14-39-17-27)34-43-28(20-48(31)34)23-9-11-26(37)12-10-23/h2,5-6,9-12,15,18-21,25,27,38-39H,3-4,7-8,13-14,16-17H2,1H3,(H,40,42)(H,41,45)(H,46,49)/t25-,27+/m0/s1. The highest BCUT2D eigenvalue weighted by atomic mass is 35.5. The van der Waals surface area contributed by atoms with Crippen molar-refractivity contribution in [1.29, 1.82) is 0 Å². The predicted molar refractivity (Wildman–Crippen MR) is 192 cm³/mol. The Morgan fingerprint density at radius 3 is 2.45 bits per heavy atom. The van der Waals surface area contributed by atoms with Gasteiger partial charge in [-0.2, -0.15) is 0 Å². The van der Waals surface area contributed by atoms with E-state index in [0.717, 1.165) is 79.9 Å². The van der Waals surface area contributed by atoms with Crippen molar-refractivity contribution in [3.63, 3.8) is 0 Å². The number of piperidine rings is 2. The van der Waals surface area contributed by atoms with E-state index in [4.69, 9.17) is 26.6 Å². The van der Waals surface area contributed by atoms with Crippen molar-refractivity contribution >= 4 is 40.4 Å². The van der Waals surface area contributed by atoms with Crippen molar-refractivity contribution in [2.24, 2.45) is 0 Å². The Balaban J connectivity index is 1.12. The van der Waals surface area contributed by atoms with Crippen LogP contribution in [0.2, 0.25) is 5.02 Å². The summed E-state index contributed by atoms with van der Waals surface area (Å²) in [5.74, 6) is 0.970. The summed E-state index contributed by atoms with van der Waals surface area (Å²) in [6, 6.07) is 16.0. The third kappa shape index (κ3) is 6.42. The molecule has 2 saturated heterocycles. The molecule has 5 N–H and O–H groups in total. The number of aromatic nitrogens is 6. The second-order valence-electron chi connectivity index (χ2n) is 12.8. The van der Waals surface area contributed by atoms with E-state index in [1.165, 1.54) is 0 Å². The number of halogens is 1. The summed E-state index contributed by atoms with van der Waals surface area (Å²) in [6.45, 7) is 5.82. The quantitative estimate of drug-likeness (QED) is 0.133. The number of imidazole rings is 2. The highest BCUT2D eigenvalue weighted by Crippen LogP contribution is 2.30. The van der Waals surface area contributed by atoms with E-state index >= 15 is 0 Å². The lowest BCUT2D eigenvalue weighted by Gasteiger charge is -2.24. The fourth-order valence-electron chi connectivity index (χ4n) is 6.76. The van der Waals surface area contributed by atoms with E-state index in [1.54, 1.807) is 10.6 Å². The van der Waals surface area contributed by atoms with Crippen LogP contribution in [0.4, 0.5) is 11.6 Å². The molecule has 0 bridgehead atoms. The predicted octanol–water partition coefficient (Wildman–Crippen LogP) is 5.46. The molecule has 2 atom stereocenters. The first kappa shape index (κ1) is 31.2. The summed E-state index contributed by atoms with van der Waals surface area (Å²) in [5.41, 5.74) is 13.2. The third-order valence-corrected chi connectivity index (χ3v) is 9.59. The first-order chi connectivity index (χ1) is 24.0. The number of aryl methyl sites for hydroxylation is 1. The van der Waals surface area contributed by atoms with E-state index in [0.29, 0.717) is 45.3 Å². The van der Waals surface area contributed by atoms with Crippen molar-refractivity contribution in [1.82, 2.24) is 44.8 Å². The molecule has 0 radical (unpaired) electrons. The molecule has 2 aliphatic heterocycles. The van der Waals surface area contributed by atoms with Crippen LogP contribution >= 0.6 is 11.6 Å². The van der Waals surface area contributed by atoms with E-state index in [2.05, 4.69) is 67.5 Å². The number of carbonyl (C=O) groups is 1. The minimum atomic E-state index is -0.394. The van der Waals surface area contributed by atoms with Crippen molar-refractivity contribution < 1.29 is 4.79 Å². The van der Waals surface area contributed by atoms with Gasteiger partial charge in [0.05, 0.1) is 29.5 Å². The minimum Gasteiger partial charge on any atom is -0.363 e. The lowest BCUT2D eigenvalue weighted by molar-refractivity contribution is 0.0956. The van der Waals surface area contributed by atoms with Gasteiger partial charge in [0, 0.05) is 53.6 Å². The molecule has 250 valence electrons. The molecule has 6 heterocycles. The van der Waals surface area contributed by atoms with Crippen LogP contribution < -0.4 is 26.8 Å². The van der Waals surface area contributed by atoms with Crippen LogP contribution in [0.3, 0.4) is 0 Å². The first-order valence-corrected chi connectivity index (χ1v) is 17.2. The van der Waals surface area contributed by atoms with Gasteiger partial charge in [-0.05, 0) is 63.9 Å². The zero-order valence-corrected chi connectivity index (χ0v) is 28.0. The minimum absolute atomic E-state index is 0.210. The number of hydrazine groups is 1. The molecule has 0 unspecified atom stereocenters. The Bertz CT molecular complexity index is 2130. The van der Waals surface area contributed by atoms with Gasteiger partial charge in [0.1, 0.15) is 5.69 Å². The van der Waals surface area contributed by atoms with Gasteiger partial charge in [0.15, 0.2) is 22.9 Å². The fourth-order valence-corrected chi connectivity index (χ4v) is 6.88. The molecule has 13 heteroatoms. The average molecular weight is 676 g/mol. The maximum Gasteiger partial charge on any atom is 0.288 e. The Labute approximate surface area is 288 Å². The summed E-state index contributed by atoms with van der Waals surface area (Å²) in [7, 11) is 0. The molecule has 0 aliphatic carbocycles. The molecule has 8 rings (SSSR count). The SMILES string of the molecule is Cc1cccc(-c2cnc(NNC(=O)c3cnc(N[C@@H]4CCCNC4)c4nc(-c5ccc(Cl)cc5)cn34)c3nc([C@H]4CCCNC4)cn23)c1. The van der Waals surface area contributed by atoms with Crippen LogP contribution in [-0.2, 0) is 0 Å². The first-order valence-electron chi connectivity index (χ1n) is 16.8. The van der Waals surface area contributed by atoms with Gasteiger partial charge in [-0.3, -0.25) is 24.4 Å². The monoisotopic (exact) mass is 675 g/mol. The van der Waals surface area contributed by atoms with Gasteiger partial charge in [-0.1, -0.05) is 47.5 Å². The summed E-state index contributed by atoms with van der Waals surface area (Å²) in [4.78, 5) is 33.3. The molecule has 0 saturated carbocycles. The van der Waals surface area contributed by atoms with Crippen LogP contribution in [0.25, 0.3) is 33.8 Å². The fraction of sp³-hybridized carbons (Fsp3) is 0.306. The number of rotatable bonds is 8. The highest BCUT2D eigenvalue weighted by Gasteiger charge is 2.23. The molecule has 1 amide bonds. The third-order valence-electron chi connectivity index (χ3n) is 9.34. The summed E-state index contributed by atoms with van der Waals surface area (Å²) in [5, 5.41) is 11.1. The van der Waals surface area contributed by atoms with Gasteiger partial charge in [-0.25, -0.2) is 19.9 Å². The number of amides is 1. The Hall–Kier alpha value is -5.04. The number of anilines is 2.